The van der Waals surface area contributed by atoms with Crippen molar-refractivity contribution in [3.05, 3.63) is 144 Å². The number of furan rings is 1. The second-order valence-corrected chi connectivity index (χ2v) is 14.1. The molecule has 0 saturated carbocycles. The molecule has 8 aromatic carbocycles. The van der Waals surface area contributed by atoms with Crippen molar-refractivity contribution < 1.29 is 4.42 Å². The standard InChI is InChI=1S/C46H28OS/c1-2-12-28-25-29(22-21-27(28)11-1)42-31-14-3-5-16-33(31)43(34-17-6-4-15-32(34)42)39-26-38-35(44-37-18-8-10-20-41(37)48-46(39)44)23-24-36-30-13-7-9-19-40(30)47-45(36)38/h1-3,5,7-26H,4,6H2. The van der Waals surface area contributed by atoms with E-state index in [1.165, 1.54) is 90.6 Å². The third-order valence-corrected chi connectivity index (χ3v) is 11.7. The van der Waals surface area contributed by atoms with E-state index in [9.17, 15) is 0 Å². The van der Waals surface area contributed by atoms with Gasteiger partial charge in [0.15, 0.2) is 0 Å². The predicted molar refractivity (Wildman–Crippen MR) is 207 cm³/mol. The topological polar surface area (TPSA) is 13.1 Å². The molecule has 1 nitrogen and oxygen atoms in total. The fraction of sp³-hybridized carbons (Fsp3) is 0.0435. The smallest absolute Gasteiger partial charge is 0.143 e. The van der Waals surface area contributed by atoms with Gasteiger partial charge >= 0.3 is 0 Å². The summed E-state index contributed by atoms with van der Waals surface area (Å²) in [5, 5.41) is 15.2. The van der Waals surface area contributed by atoms with Gasteiger partial charge in [-0.2, -0.15) is 0 Å². The summed E-state index contributed by atoms with van der Waals surface area (Å²) in [5.74, 6) is 0. The quantitative estimate of drug-likeness (QED) is 0.186. The average Bonchev–Trinajstić information content (AvgIpc) is 3.73. The Morgan fingerprint density at radius 3 is 2.00 bits per heavy atom. The van der Waals surface area contributed by atoms with Crippen molar-refractivity contribution in [1.29, 1.82) is 0 Å². The lowest BCUT2D eigenvalue weighted by Crippen LogP contribution is -2.31. The predicted octanol–water partition coefficient (Wildman–Crippen LogP) is 12.1. The third-order valence-electron chi connectivity index (χ3n) is 10.4. The van der Waals surface area contributed by atoms with Gasteiger partial charge in [-0.05, 0) is 97.2 Å². The molecule has 0 bridgehead atoms. The van der Waals surface area contributed by atoms with Crippen LogP contribution >= 0.6 is 11.3 Å². The zero-order chi connectivity index (χ0) is 31.3. The number of fused-ring (bicyclic) bond motifs is 12. The fourth-order valence-corrected chi connectivity index (χ4v) is 9.61. The van der Waals surface area contributed by atoms with E-state index in [4.69, 9.17) is 4.42 Å². The minimum atomic E-state index is 0.933. The van der Waals surface area contributed by atoms with Gasteiger partial charge in [0, 0.05) is 41.9 Å². The summed E-state index contributed by atoms with van der Waals surface area (Å²) in [5.41, 5.74) is 7.12. The Kier molecular flexibility index (Phi) is 5.44. The lowest BCUT2D eigenvalue weighted by molar-refractivity contribution is 0.672. The van der Waals surface area contributed by atoms with Crippen molar-refractivity contribution >= 4 is 97.9 Å². The van der Waals surface area contributed by atoms with Crippen LogP contribution in [0.2, 0.25) is 0 Å². The molecule has 224 valence electrons. The van der Waals surface area contributed by atoms with Gasteiger partial charge in [0.1, 0.15) is 11.2 Å². The molecule has 0 spiro atoms. The van der Waals surface area contributed by atoms with E-state index >= 15 is 0 Å². The molecule has 0 amide bonds. The van der Waals surface area contributed by atoms with Crippen LogP contribution in [0, 0.1) is 0 Å². The van der Waals surface area contributed by atoms with Crippen molar-refractivity contribution in [2.45, 2.75) is 12.8 Å². The van der Waals surface area contributed by atoms with Crippen molar-refractivity contribution in [1.82, 2.24) is 0 Å². The van der Waals surface area contributed by atoms with Crippen LogP contribution in [0.15, 0.2) is 138 Å². The monoisotopic (exact) mass is 628 g/mol. The van der Waals surface area contributed by atoms with Crippen molar-refractivity contribution in [2.24, 2.45) is 0 Å². The molecule has 0 N–H and O–H groups in total. The average molecular weight is 629 g/mol. The highest BCUT2D eigenvalue weighted by Crippen LogP contribution is 2.47. The summed E-state index contributed by atoms with van der Waals surface area (Å²) < 4.78 is 9.35. The highest BCUT2D eigenvalue weighted by atomic mass is 32.1. The zero-order valence-electron chi connectivity index (χ0n) is 26.1. The second-order valence-electron chi connectivity index (χ2n) is 13.0. The first-order valence-corrected chi connectivity index (χ1v) is 17.6. The van der Waals surface area contributed by atoms with Gasteiger partial charge in [-0.3, -0.25) is 0 Å². The van der Waals surface area contributed by atoms with Gasteiger partial charge in [-0.1, -0.05) is 115 Å². The van der Waals surface area contributed by atoms with Crippen LogP contribution in [0.3, 0.4) is 0 Å². The van der Waals surface area contributed by atoms with Crippen LogP contribution in [0.4, 0.5) is 0 Å². The highest BCUT2D eigenvalue weighted by molar-refractivity contribution is 7.26. The van der Waals surface area contributed by atoms with Gasteiger partial charge in [0.25, 0.3) is 0 Å². The van der Waals surface area contributed by atoms with Gasteiger partial charge in [0.05, 0.1) is 0 Å². The maximum atomic E-state index is 6.70. The normalized spacial score (nSPS) is 13.2. The van der Waals surface area contributed by atoms with Crippen LogP contribution in [0.1, 0.15) is 12.8 Å². The van der Waals surface area contributed by atoms with Crippen LogP contribution in [0.5, 0.6) is 0 Å². The lowest BCUT2D eigenvalue weighted by Gasteiger charge is -2.19. The maximum Gasteiger partial charge on any atom is 0.143 e. The molecule has 1 aliphatic carbocycles. The van der Waals surface area contributed by atoms with Crippen LogP contribution in [0.25, 0.3) is 109 Å². The Bertz CT molecular complexity index is 3120. The Morgan fingerprint density at radius 2 is 1.15 bits per heavy atom. The molecule has 0 atom stereocenters. The molecule has 10 aromatic rings. The SMILES string of the molecule is C1=c2c(-c3ccc4ccccc4c3)c3ccccc3c(-c3cc4c(ccc5c6ccccc6oc54)c4c3sc3ccccc34)c2=CCC1. The Hall–Kier alpha value is -5.70. The summed E-state index contributed by atoms with van der Waals surface area (Å²) in [4.78, 5) is 0. The van der Waals surface area contributed by atoms with E-state index in [2.05, 4.69) is 146 Å². The maximum absolute atomic E-state index is 6.70. The molecule has 0 aliphatic heterocycles. The van der Waals surface area contributed by atoms with Gasteiger partial charge in [0.2, 0.25) is 0 Å². The number of para-hydroxylation sites is 1. The minimum Gasteiger partial charge on any atom is -0.455 e. The summed E-state index contributed by atoms with van der Waals surface area (Å²) in [6, 6.07) is 49.0. The first-order chi connectivity index (χ1) is 23.8. The van der Waals surface area contributed by atoms with Gasteiger partial charge < -0.3 is 4.42 Å². The number of hydrogen-bond donors (Lipinski definition) is 0. The first-order valence-electron chi connectivity index (χ1n) is 16.7. The molecule has 0 radical (unpaired) electrons. The van der Waals surface area contributed by atoms with Crippen molar-refractivity contribution in [3.63, 3.8) is 0 Å². The van der Waals surface area contributed by atoms with E-state index in [-0.39, 0.29) is 0 Å². The highest BCUT2D eigenvalue weighted by Gasteiger charge is 2.22. The van der Waals surface area contributed by atoms with Crippen molar-refractivity contribution in [2.75, 3.05) is 0 Å². The van der Waals surface area contributed by atoms with E-state index in [1.807, 2.05) is 11.3 Å². The van der Waals surface area contributed by atoms with Crippen molar-refractivity contribution in [3.8, 4) is 22.3 Å². The molecule has 2 aromatic heterocycles. The number of hydrogen-bond acceptors (Lipinski definition) is 2. The van der Waals surface area contributed by atoms with Crippen LogP contribution < -0.4 is 10.4 Å². The summed E-state index contributed by atoms with van der Waals surface area (Å²) in [6.07, 6.45) is 7.05. The molecule has 48 heavy (non-hydrogen) atoms. The fourth-order valence-electron chi connectivity index (χ4n) is 8.37. The van der Waals surface area contributed by atoms with Crippen LogP contribution in [-0.2, 0) is 0 Å². The molecular formula is C46H28OS. The van der Waals surface area contributed by atoms with E-state index in [0.717, 1.165) is 29.4 Å². The molecule has 2 heterocycles. The molecule has 2 heteroatoms. The Labute approximate surface area is 280 Å². The summed E-state index contributed by atoms with van der Waals surface area (Å²) >= 11 is 1.91. The molecular weight excluding hydrogens is 601 g/mol. The summed E-state index contributed by atoms with van der Waals surface area (Å²) in [7, 11) is 0. The van der Waals surface area contributed by atoms with E-state index in [0.29, 0.717) is 0 Å². The van der Waals surface area contributed by atoms with Gasteiger partial charge in [-0.25, -0.2) is 0 Å². The molecule has 0 saturated heterocycles. The summed E-state index contributed by atoms with van der Waals surface area (Å²) in [6.45, 7) is 0. The third kappa shape index (κ3) is 3.61. The Balaban J connectivity index is 1.34. The van der Waals surface area contributed by atoms with E-state index in [1.54, 1.807) is 0 Å². The largest absolute Gasteiger partial charge is 0.455 e. The molecule has 11 rings (SSSR count). The molecule has 0 unspecified atom stereocenters. The molecule has 0 fully saturated rings. The minimum absolute atomic E-state index is 0.933. The first kappa shape index (κ1) is 26.4. The Morgan fingerprint density at radius 1 is 0.479 bits per heavy atom. The van der Waals surface area contributed by atoms with Crippen LogP contribution in [-0.4, -0.2) is 0 Å². The zero-order valence-corrected chi connectivity index (χ0v) is 26.9. The molecule has 1 aliphatic rings. The van der Waals surface area contributed by atoms with Gasteiger partial charge in [-0.15, -0.1) is 11.3 Å². The second kappa shape index (κ2) is 9.90. The number of rotatable bonds is 2. The lowest BCUT2D eigenvalue weighted by atomic mass is 9.85. The van der Waals surface area contributed by atoms with E-state index < -0.39 is 0 Å². The number of thiophene rings is 1. The number of benzene rings is 8.